The van der Waals surface area contributed by atoms with Crippen LogP contribution in [0.5, 0.6) is 0 Å². The fraction of sp³-hybridized carbons (Fsp3) is 0.662. The summed E-state index contributed by atoms with van der Waals surface area (Å²) in [6.07, 6.45) is 10.3. The van der Waals surface area contributed by atoms with E-state index in [1.54, 1.807) is 9.80 Å². The number of nitrogens with zero attached hydrogens (tertiary/aromatic N) is 3. The Morgan fingerprint density at radius 1 is 0.577 bits per heavy atom. The van der Waals surface area contributed by atoms with Gasteiger partial charge < -0.3 is 54.8 Å². The Morgan fingerprint density at radius 2 is 1.00 bits per heavy atom. The minimum absolute atomic E-state index is 0.0244. The summed E-state index contributed by atoms with van der Waals surface area (Å²) in [4.78, 5) is 93.6. The van der Waals surface area contributed by atoms with Crippen molar-refractivity contribution in [1.82, 2.24) is 15.1 Å². The van der Waals surface area contributed by atoms with E-state index in [2.05, 4.69) is 124 Å². The van der Waals surface area contributed by atoms with Crippen molar-refractivity contribution in [3.05, 3.63) is 51.0 Å². The zero-order valence-corrected chi connectivity index (χ0v) is 66.5. The Balaban J connectivity index is 0.000000273. The molecule has 23 heteroatoms. The number of methoxy groups -OCH3 is 3. The molecule has 8 rings (SSSR count). The van der Waals surface area contributed by atoms with Gasteiger partial charge in [0.2, 0.25) is 11.1 Å². The summed E-state index contributed by atoms with van der Waals surface area (Å²) in [5.41, 5.74) is 5.82. The Bertz CT molecular complexity index is 3340. The van der Waals surface area contributed by atoms with Crippen LogP contribution in [0.15, 0.2) is 18.2 Å². The summed E-state index contributed by atoms with van der Waals surface area (Å²) < 4.78 is 26.2. The number of anilines is 2. The molecule has 18 nitrogen and oxygen atoms in total. The SMILES string of the molecule is CC(C)(C)OC(=O)N1CC[C@H](N)C1.CC1CCC(C(=O)Cl)CC1.COC(=O)c1sc(C#CC(C)(C)C)cc1I.COC(=O)c1sc(C#CC(C)(C)C)cc1N(C(=O)C1CCC(C)CC1)[C@H]1CCNC1.COC(=O)c1sc(C#CC(C)(C)C)cc1N[C@H]1CCN(C(=O)OC(C)(C)C)C1. The van der Waals surface area contributed by atoms with E-state index >= 15 is 0 Å². The monoisotopic (exact) mass is 1530 g/mol. The summed E-state index contributed by atoms with van der Waals surface area (Å²) in [6, 6.07) is 5.92. The first-order valence-electron chi connectivity index (χ1n) is 33.6. The van der Waals surface area contributed by atoms with Gasteiger partial charge in [0.1, 0.15) is 25.8 Å². The number of esters is 3. The number of likely N-dealkylation sites (tertiary alicyclic amines) is 2. The Labute approximate surface area is 609 Å². The lowest BCUT2D eigenvalue weighted by Gasteiger charge is -2.34. The molecule has 6 heterocycles. The van der Waals surface area contributed by atoms with Crippen molar-refractivity contribution in [1.29, 1.82) is 0 Å². The number of halogens is 2. The number of hydrogen-bond donors (Lipinski definition) is 3. The van der Waals surface area contributed by atoms with Gasteiger partial charge in [-0.15, -0.1) is 34.0 Å². The predicted molar refractivity (Wildman–Crippen MR) is 401 cm³/mol. The van der Waals surface area contributed by atoms with E-state index in [1.165, 1.54) is 68.2 Å². The zero-order valence-electron chi connectivity index (χ0n) is 61.1. The van der Waals surface area contributed by atoms with Crippen molar-refractivity contribution in [3.63, 3.8) is 0 Å². The van der Waals surface area contributed by atoms with E-state index in [4.69, 9.17) is 41.0 Å². The van der Waals surface area contributed by atoms with Crippen molar-refractivity contribution in [2.45, 2.75) is 218 Å². The van der Waals surface area contributed by atoms with E-state index in [9.17, 15) is 33.6 Å². The fourth-order valence-corrected chi connectivity index (χ4v) is 14.4. The van der Waals surface area contributed by atoms with Crippen LogP contribution in [-0.4, -0.2) is 141 Å². The highest BCUT2D eigenvalue weighted by molar-refractivity contribution is 14.1. The highest BCUT2D eigenvalue weighted by atomic mass is 127. The van der Waals surface area contributed by atoms with E-state index in [1.807, 2.05) is 85.4 Å². The molecule has 3 aromatic heterocycles. The number of ether oxygens (including phenoxy) is 5. The minimum Gasteiger partial charge on any atom is -0.465 e. The maximum atomic E-state index is 13.7. The molecule has 5 aliphatic rings. The maximum Gasteiger partial charge on any atom is 0.410 e. The molecule has 0 radical (unpaired) electrons. The number of hydrogen-bond acceptors (Lipinski definition) is 18. The lowest BCUT2D eigenvalue weighted by molar-refractivity contribution is -0.124. The minimum atomic E-state index is -0.519. The lowest BCUT2D eigenvalue weighted by Crippen LogP contribution is -2.46. The molecule has 3 saturated heterocycles. The van der Waals surface area contributed by atoms with Gasteiger partial charge in [-0.05, 0) is 245 Å². The normalized spacial score (nSPS) is 20.7. The van der Waals surface area contributed by atoms with Gasteiger partial charge in [0.25, 0.3) is 0 Å². The van der Waals surface area contributed by atoms with Crippen LogP contribution in [0.3, 0.4) is 0 Å². The third-order valence-electron chi connectivity index (χ3n) is 15.6. The summed E-state index contributed by atoms with van der Waals surface area (Å²) in [7, 11) is 4.14. The first-order valence-corrected chi connectivity index (χ1v) is 37.5. The van der Waals surface area contributed by atoms with Crippen LogP contribution in [-0.2, 0) is 33.3 Å². The highest BCUT2D eigenvalue weighted by Gasteiger charge is 2.38. The van der Waals surface area contributed by atoms with Crippen LogP contribution in [0, 0.1) is 79.0 Å². The first kappa shape index (κ1) is 84.0. The average molecular weight is 1530 g/mol. The molecule has 0 aromatic carbocycles. The van der Waals surface area contributed by atoms with Crippen molar-refractivity contribution >= 4 is 121 Å². The van der Waals surface area contributed by atoms with Gasteiger partial charge in [-0.25, -0.2) is 24.0 Å². The van der Waals surface area contributed by atoms with Crippen LogP contribution in [0.25, 0.3) is 0 Å². The molecule has 0 spiro atoms. The molecule has 538 valence electrons. The van der Waals surface area contributed by atoms with Crippen LogP contribution >= 0.6 is 68.2 Å². The molecule has 97 heavy (non-hydrogen) atoms. The van der Waals surface area contributed by atoms with Crippen molar-refractivity contribution in [3.8, 4) is 35.5 Å². The van der Waals surface area contributed by atoms with Crippen LogP contribution in [0.2, 0.25) is 0 Å². The molecule has 3 aromatic rings. The largest absolute Gasteiger partial charge is 0.465 e. The van der Waals surface area contributed by atoms with Crippen LogP contribution in [0.4, 0.5) is 21.0 Å². The second kappa shape index (κ2) is 37.9. The summed E-state index contributed by atoms with van der Waals surface area (Å²) in [6.45, 7) is 38.2. The second-order valence-corrected chi connectivity index (χ2v) is 35.2. The topological polar surface area (TPSA) is 225 Å². The standard InChI is InChI=1S/C24H34N2O3S.C21H30N2O4S.C12H13IO2S.C9H18N2O2.C8H13ClO/c1-16-6-8-17(9-7-16)22(27)26(18-11-13-25-15-18)20-14-19(10-12-24(2,3)4)30-21(20)23(28)29-5;1-20(2,3)10-8-15-12-16(17(28-15)18(24)26-7)22-14-9-11-23(13-14)19(25)27-21(4,5)6;1-12(2,3)6-5-8-7-9(13)10(16-8)11(14)15-4;1-9(2,3)13-8(12)11-5-4-7(10)6-11;1-6-2-4-7(5-3-6)8(9)10/h14,16-18,25H,6-9,11,13,15H2,1-5H3;12,14,22H,9,11,13H2,1-7H3;7H,1-4H3;7H,4-6,10H2,1-3H3;6-7H,2-5H2,1H3/t16?,17?,18-;14-;;7-;/m00.0./s1. The number of carbonyl (C=O) groups is 7. The molecular weight excluding hydrogens is 1420 g/mol. The number of nitrogens with two attached hydrogens (primary N) is 1. The van der Waals surface area contributed by atoms with Gasteiger partial charge in [0.15, 0.2) is 0 Å². The Morgan fingerprint density at radius 3 is 1.43 bits per heavy atom. The van der Waals surface area contributed by atoms with Crippen LogP contribution < -0.4 is 21.3 Å². The van der Waals surface area contributed by atoms with E-state index in [0.717, 1.165) is 102 Å². The maximum absolute atomic E-state index is 13.7. The summed E-state index contributed by atoms with van der Waals surface area (Å²) in [5, 5.41) is 6.62. The van der Waals surface area contributed by atoms with Gasteiger partial charge in [-0.2, -0.15) is 0 Å². The average Bonchev–Trinajstić information content (AvgIpc) is 1.68. The molecule has 2 aliphatic carbocycles. The quantitative estimate of drug-likeness (QED) is 0.0595. The highest BCUT2D eigenvalue weighted by Crippen LogP contribution is 2.38. The van der Waals surface area contributed by atoms with Gasteiger partial charge in [-0.3, -0.25) is 9.59 Å². The van der Waals surface area contributed by atoms with E-state index in [-0.39, 0.29) is 75.5 Å². The molecule has 3 atom stereocenters. The Hall–Kier alpha value is -5.39. The third-order valence-corrected chi connectivity index (χ3v) is 20.2. The smallest absolute Gasteiger partial charge is 0.410 e. The number of amides is 3. The van der Waals surface area contributed by atoms with Crippen molar-refractivity contribution in [2.24, 2.45) is 45.7 Å². The molecular formula is C74H108ClIN6O12S3. The number of thiophene rings is 3. The van der Waals surface area contributed by atoms with E-state index in [0.29, 0.717) is 51.6 Å². The van der Waals surface area contributed by atoms with Gasteiger partial charge >= 0.3 is 30.1 Å². The lowest BCUT2D eigenvalue weighted by atomic mass is 9.82. The fourth-order valence-electron chi connectivity index (χ4n) is 10.5. The van der Waals surface area contributed by atoms with Gasteiger partial charge in [-0.1, -0.05) is 49.4 Å². The van der Waals surface area contributed by atoms with E-state index < -0.39 is 23.1 Å². The first-order chi connectivity index (χ1) is 45.0. The zero-order chi connectivity index (χ0) is 73.0. The number of rotatable bonds is 9. The van der Waals surface area contributed by atoms with Gasteiger partial charge in [0, 0.05) is 76.5 Å². The molecule has 0 bridgehead atoms. The number of nitrogens with one attached hydrogen (secondary N) is 2. The summed E-state index contributed by atoms with van der Waals surface area (Å²) >= 11 is 11.5. The van der Waals surface area contributed by atoms with Crippen molar-refractivity contribution < 1.29 is 57.2 Å². The molecule has 3 aliphatic heterocycles. The molecule has 3 amide bonds. The van der Waals surface area contributed by atoms with Crippen molar-refractivity contribution in [2.75, 3.05) is 70.8 Å². The second-order valence-electron chi connectivity index (χ2n) is 30.5. The Kier molecular flexibility index (Phi) is 32.8. The molecule has 0 unspecified atom stereocenters. The molecule has 4 N–H and O–H groups in total. The summed E-state index contributed by atoms with van der Waals surface area (Å²) in [5.74, 6) is 19.7. The van der Waals surface area contributed by atoms with Gasteiger partial charge in [0.05, 0.1) is 53.4 Å². The predicted octanol–water partition coefficient (Wildman–Crippen LogP) is 15.9. The molecule has 5 fully saturated rings. The number of carbonyl (C=O) groups excluding carboxylic acids is 7. The third kappa shape index (κ3) is 30.2. The van der Waals surface area contributed by atoms with Crippen LogP contribution in [0.1, 0.15) is 232 Å². The molecule has 2 saturated carbocycles.